The number of nitrogens with one attached hydrogen (secondary N) is 1. The molecule has 0 fully saturated rings. The van der Waals surface area contributed by atoms with Crippen molar-refractivity contribution in [1.82, 2.24) is 10.4 Å². The summed E-state index contributed by atoms with van der Waals surface area (Å²) in [7, 11) is 1.86. The highest BCUT2D eigenvalue weighted by atomic mass is 35.5. The van der Waals surface area contributed by atoms with E-state index in [1.54, 1.807) is 11.2 Å². The van der Waals surface area contributed by atoms with Crippen LogP contribution in [0.1, 0.15) is 0 Å². The van der Waals surface area contributed by atoms with E-state index in [1.807, 2.05) is 7.05 Å². The van der Waals surface area contributed by atoms with E-state index in [1.165, 1.54) is 0 Å². The zero-order valence-electron chi connectivity index (χ0n) is 6.25. The molecule has 0 spiro atoms. The molecule has 4 nitrogen and oxygen atoms in total. The first kappa shape index (κ1) is 8.04. The number of fused-ring (bicyclic) bond motifs is 1. The van der Waals surface area contributed by atoms with Crippen molar-refractivity contribution in [1.29, 1.82) is 0 Å². The molecule has 0 aromatic heterocycles. The van der Waals surface area contributed by atoms with E-state index < -0.39 is 0 Å². The number of nitrogens with zero attached hydrogens (tertiary/aromatic N) is 3. The largest absolute Gasteiger partial charge is 0.324 e. The van der Waals surface area contributed by atoms with Crippen molar-refractivity contribution in [2.24, 2.45) is 9.98 Å². The molecule has 1 atom stereocenters. The van der Waals surface area contributed by atoms with Gasteiger partial charge in [0.05, 0.1) is 0 Å². The second kappa shape index (κ2) is 2.73. The summed E-state index contributed by atoms with van der Waals surface area (Å²) in [4.78, 5) is 7.90. The molecule has 0 aliphatic carbocycles. The number of rotatable bonds is 0. The third-order valence-electron chi connectivity index (χ3n) is 1.73. The molecule has 0 saturated heterocycles. The normalized spacial score (nSPS) is 28.6. The lowest BCUT2D eigenvalue weighted by Gasteiger charge is -2.19. The van der Waals surface area contributed by atoms with Gasteiger partial charge in [-0.3, -0.25) is 0 Å². The molecule has 2 aliphatic heterocycles. The molecule has 0 radical (unpaired) electrons. The van der Waals surface area contributed by atoms with Gasteiger partial charge < -0.3 is 5.43 Å². The monoisotopic (exact) mass is 204 g/mol. The van der Waals surface area contributed by atoms with Crippen LogP contribution in [0.15, 0.2) is 21.8 Å². The maximum atomic E-state index is 5.83. The van der Waals surface area contributed by atoms with Crippen LogP contribution in [0.5, 0.6) is 0 Å². The molecular weight excluding hydrogens is 199 g/mol. The van der Waals surface area contributed by atoms with Gasteiger partial charge in [-0.1, -0.05) is 11.6 Å². The summed E-state index contributed by atoms with van der Waals surface area (Å²) in [5.74, 6) is 0. The zero-order valence-corrected chi connectivity index (χ0v) is 7.76. The van der Waals surface area contributed by atoms with Crippen LogP contribution in [-0.2, 0) is 0 Å². The molecule has 2 aliphatic rings. The van der Waals surface area contributed by atoms with E-state index in [-0.39, 0.29) is 11.5 Å². The van der Waals surface area contributed by atoms with Crippen LogP contribution in [0.2, 0.25) is 0 Å². The summed E-state index contributed by atoms with van der Waals surface area (Å²) >= 11 is 11.5. The molecule has 0 amide bonds. The van der Waals surface area contributed by atoms with Gasteiger partial charge in [-0.25, -0.2) is 9.98 Å². The van der Waals surface area contributed by atoms with E-state index in [4.69, 9.17) is 23.2 Å². The Kier molecular flexibility index (Phi) is 1.83. The minimum absolute atomic E-state index is 0.137. The summed E-state index contributed by atoms with van der Waals surface area (Å²) in [5, 5.41) is 2.39. The first-order valence-electron chi connectivity index (χ1n) is 3.35. The van der Waals surface area contributed by atoms with Crippen molar-refractivity contribution in [3.05, 3.63) is 11.8 Å². The van der Waals surface area contributed by atoms with E-state index >= 15 is 0 Å². The Morgan fingerprint density at radius 2 is 2.33 bits per heavy atom. The van der Waals surface area contributed by atoms with Gasteiger partial charge in [0.15, 0.2) is 6.17 Å². The molecule has 0 bridgehead atoms. The van der Waals surface area contributed by atoms with Gasteiger partial charge in [-0.15, -0.1) is 0 Å². The fourth-order valence-electron chi connectivity index (χ4n) is 1.12. The van der Waals surface area contributed by atoms with Crippen molar-refractivity contribution in [3.63, 3.8) is 0 Å². The molecular formula is C6H6Cl2N4. The van der Waals surface area contributed by atoms with E-state index in [0.29, 0.717) is 5.17 Å². The SMILES string of the molecule is CN1NC=C2C(Cl)=NC(Cl)=NC21. The summed E-state index contributed by atoms with van der Waals surface area (Å²) in [6.07, 6.45) is 1.63. The highest BCUT2D eigenvalue weighted by Gasteiger charge is 2.29. The standard InChI is InChI=1S/C6H6Cl2N4/c1-12-5-3(2-9-12)4(7)10-6(8)11-5/h2,5,9H,1H3. The topological polar surface area (TPSA) is 40.0 Å². The number of hydrogen-bond donors (Lipinski definition) is 1. The number of likely N-dealkylation sites (N-methyl/N-ethyl adjacent to an activating group) is 1. The third kappa shape index (κ3) is 1.12. The highest BCUT2D eigenvalue weighted by molar-refractivity contribution is 6.74. The van der Waals surface area contributed by atoms with Gasteiger partial charge >= 0.3 is 0 Å². The molecule has 1 N–H and O–H groups in total. The Bertz CT molecular complexity index is 307. The van der Waals surface area contributed by atoms with Crippen molar-refractivity contribution in [2.45, 2.75) is 6.17 Å². The lowest BCUT2D eigenvalue weighted by Crippen LogP contribution is -2.35. The fourth-order valence-corrected chi connectivity index (χ4v) is 1.58. The van der Waals surface area contributed by atoms with Crippen molar-refractivity contribution >= 4 is 33.7 Å². The van der Waals surface area contributed by atoms with Crippen LogP contribution in [-0.4, -0.2) is 28.7 Å². The molecule has 1 unspecified atom stereocenters. The van der Waals surface area contributed by atoms with Gasteiger partial charge in [0.2, 0.25) is 5.29 Å². The average molecular weight is 205 g/mol. The van der Waals surface area contributed by atoms with Crippen molar-refractivity contribution < 1.29 is 0 Å². The lowest BCUT2D eigenvalue weighted by molar-refractivity contribution is 0.256. The van der Waals surface area contributed by atoms with Crippen LogP contribution in [0.25, 0.3) is 0 Å². The third-order valence-corrected chi connectivity index (χ3v) is 2.21. The lowest BCUT2D eigenvalue weighted by atomic mass is 10.2. The van der Waals surface area contributed by atoms with E-state index in [2.05, 4.69) is 15.4 Å². The van der Waals surface area contributed by atoms with Crippen molar-refractivity contribution in [3.8, 4) is 0 Å². The number of halogens is 2. The van der Waals surface area contributed by atoms with Gasteiger partial charge in [0, 0.05) is 18.8 Å². The number of aliphatic imine (C=N–C) groups is 2. The molecule has 12 heavy (non-hydrogen) atoms. The second-order valence-corrected chi connectivity index (χ2v) is 3.21. The maximum Gasteiger partial charge on any atom is 0.221 e. The number of hydrazine groups is 1. The highest BCUT2D eigenvalue weighted by Crippen LogP contribution is 2.22. The summed E-state index contributed by atoms with van der Waals surface area (Å²) in [5.41, 5.74) is 3.80. The van der Waals surface area contributed by atoms with Gasteiger partial charge in [-0.2, -0.15) is 5.01 Å². The quantitative estimate of drug-likeness (QED) is 0.596. The van der Waals surface area contributed by atoms with Crippen LogP contribution in [0.4, 0.5) is 0 Å². The second-order valence-electron chi connectivity index (χ2n) is 2.51. The van der Waals surface area contributed by atoms with E-state index in [9.17, 15) is 0 Å². The molecule has 2 rings (SSSR count). The van der Waals surface area contributed by atoms with Gasteiger partial charge in [-0.05, 0) is 11.6 Å². The first-order valence-corrected chi connectivity index (χ1v) is 4.11. The molecule has 6 heteroatoms. The Balaban J connectivity index is 2.39. The predicted octanol–water partition coefficient (Wildman–Crippen LogP) is 0.892. The molecule has 64 valence electrons. The van der Waals surface area contributed by atoms with Gasteiger partial charge in [0.25, 0.3) is 0 Å². The van der Waals surface area contributed by atoms with Crippen LogP contribution in [0.3, 0.4) is 0 Å². The van der Waals surface area contributed by atoms with Crippen LogP contribution < -0.4 is 5.43 Å². The van der Waals surface area contributed by atoms with Crippen molar-refractivity contribution in [2.75, 3.05) is 7.05 Å². The van der Waals surface area contributed by atoms with Crippen LogP contribution in [0, 0.1) is 0 Å². The minimum atomic E-state index is -0.137. The smallest absolute Gasteiger partial charge is 0.221 e. The number of hydrogen-bond acceptors (Lipinski definition) is 4. The summed E-state index contributed by atoms with van der Waals surface area (Å²) < 4.78 is 0. The average Bonchev–Trinajstić information content (AvgIpc) is 2.33. The predicted molar refractivity (Wildman–Crippen MR) is 49.3 cm³/mol. The Morgan fingerprint density at radius 1 is 1.58 bits per heavy atom. The Morgan fingerprint density at radius 3 is 3.08 bits per heavy atom. The summed E-state index contributed by atoms with van der Waals surface area (Å²) in [6, 6.07) is 0. The first-order chi connectivity index (χ1) is 5.68. The van der Waals surface area contributed by atoms with Gasteiger partial charge in [0.1, 0.15) is 5.17 Å². The minimum Gasteiger partial charge on any atom is -0.324 e. The van der Waals surface area contributed by atoms with E-state index in [0.717, 1.165) is 5.57 Å². The maximum absolute atomic E-state index is 5.83. The zero-order chi connectivity index (χ0) is 8.72. The summed E-state index contributed by atoms with van der Waals surface area (Å²) in [6.45, 7) is 0. The Hall–Kier alpha value is -0.580. The molecule has 2 heterocycles. The molecule has 0 aromatic rings. The number of amidine groups is 1. The molecule has 0 saturated carbocycles. The molecule has 0 aromatic carbocycles. The fraction of sp³-hybridized carbons (Fsp3) is 0.333. The Labute approximate surface area is 79.5 Å². The van der Waals surface area contributed by atoms with Crippen LogP contribution >= 0.6 is 23.2 Å².